The summed E-state index contributed by atoms with van der Waals surface area (Å²) in [5, 5.41) is 6.89. The molecule has 0 spiro atoms. The van der Waals surface area contributed by atoms with E-state index in [0.717, 1.165) is 18.9 Å². The molecule has 1 aromatic heterocycles. The maximum atomic E-state index is 8.36. The van der Waals surface area contributed by atoms with Gasteiger partial charge in [0, 0.05) is 24.4 Å². The number of rotatable bonds is 2. The molecule has 0 aromatic carbocycles. The molecule has 1 aromatic rings. The van der Waals surface area contributed by atoms with E-state index in [4.69, 9.17) is 14.6 Å². The number of carboxylic acid groups (broad SMARTS) is 1. The minimum absolute atomic E-state index is 0.161. The average Bonchev–Trinajstić information content (AvgIpc) is 2.83. The third kappa shape index (κ3) is 3.34. The second-order valence-electron chi connectivity index (χ2n) is 4.55. The molecule has 0 saturated heterocycles. The van der Waals surface area contributed by atoms with Crippen molar-refractivity contribution in [3.8, 4) is 0 Å². The highest BCUT2D eigenvalue weighted by Gasteiger charge is 2.32. The summed E-state index contributed by atoms with van der Waals surface area (Å²) in [7, 11) is 0. The fraction of sp³-hybridized carbons (Fsp3) is 0.500. The summed E-state index contributed by atoms with van der Waals surface area (Å²) < 4.78 is 7.65. The van der Waals surface area contributed by atoms with Crippen LogP contribution in [0.15, 0.2) is 30.1 Å². The summed E-state index contributed by atoms with van der Waals surface area (Å²) in [6.07, 6.45) is 5.63. The summed E-state index contributed by atoms with van der Waals surface area (Å²) in [6.45, 7) is 7.91. The van der Waals surface area contributed by atoms with Crippen molar-refractivity contribution in [3.63, 3.8) is 0 Å². The molecule has 0 unspecified atom stereocenters. The molecule has 2 rings (SSSR count). The molecule has 5 heteroatoms. The third-order valence-electron chi connectivity index (χ3n) is 2.79. The van der Waals surface area contributed by atoms with Crippen LogP contribution in [0.1, 0.15) is 20.8 Å². The maximum absolute atomic E-state index is 8.36. The van der Waals surface area contributed by atoms with E-state index in [-0.39, 0.29) is 11.9 Å². The van der Waals surface area contributed by atoms with Gasteiger partial charge in [-0.25, -0.2) is 4.98 Å². The molecule has 0 amide bonds. The standard InChI is InChI=1S/C11H16N2O.CH2O2/c1-9-10(11(2,3)7-14-9)6-13-5-4-12-8-13;2-1-3/h4-5,8H,6-7H2,1-3H3;1H,(H,2,3). The zero-order valence-electron chi connectivity index (χ0n) is 10.4. The summed E-state index contributed by atoms with van der Waals surface area (Å²) in [6, 6.07) is 0. The predicted octanol–water partition coefficient (Wildman–Crippen LogP) is 1.91. The van der Waals surface area contributed by atoms with Gasteiger partial charge in [0.2, 0.25) is 0 Å². The molecular weight excluding hydrogens is 220 g/mol. The Kier molecular flexibility index (Phi) is 4.31. The van der Waals surface area contributed by atoms with Crippen molar-refractivity contribution in [2.24, 2.45) is 5.41 Å². The first-order valence-corrected chi connectivity index (χ1v) is 5.38. The Bertz CT molecular complexity index is 394. The molecule has 0 saturated carbocycles. The van der Waals surface area contributed by atoms with Gasteiger partial charge in [0.1, 0.15) is 0 Å². The number of nitrogens with zero attached hydrogens (tertiary/aromatic N) is 2. The number of hydrogen-bond donors (Lipinski definition) is 1. The van der Waals surface area contributed by atoms with Crippen molar-refractivity contribution in [2.75, 3.05) is 6.61 Å². The second kappa shape index (κ2) is 5.52. The van der Waals surface area contributed by atoms with E-state index in [0.29, 0.717) is 0 Å². The average molecular weight is 238 g/mol. The van der Waals surface area contributed by atoms with Gasteiger partial charge in [0.15, 0.2) is 0 Å². The van der Waals surface area contributed by atoms with Crippen molar-refractivity contribution in [1.29, 1.82) is 0 Å². The Hall–Kier alpha value is -1.78. The maximum Gasteiger partial charge on any atom is 0.290 e. The van der Waals surface area contributed by atoms with Gasteiger partial charge >= 0.3 is 0 Å². The van der Waals surface area contributed by atoms with E-state index in [9.17, 15) is 0 Å². The van der Waals surface area contributed by atoms with Crippen molar-refractivity contribution >= 4 is 6.47 Å². The molecule has 17 heavy (non-hydrogen) atoms. The van der Waals surface area contributed by atoms with Crippen LogP contribution in [0.4, 0.5) is 0 Å². The summed E-state index contributed by atoms with van der Waals surface area (Å²) in [5.74, 6) is 1.07. The van der Waals surface area contributed by atoms with Crippen LogP contribution in [0.3, 0.4) is 0 Å². The lowest BCUT2D eigenvalue weighted by Gasteiger charge is -2.19. The van der Waals surface area contributed by atoms with Crippen molar-refractivity contribution in [1.82, 2.24) is 9.55 Å². The van der Waals surface area contributed by atoms with Gasteiger partial charge in [-0.1, -0.05) is 13.8 Å². The molecule has 0 aliphatic carbocycles. The normalized spacial score (nSPS) is 17.1. The minimum Gasteiger partial charge on any atom is -0.497 e. The van der Waals surface area contributed by atoms with Crippen LogP contribution in [-0.4, -0.2) is 27.7 Å². The highest BCUT2D eigenvalue weighted by atomic mass is 16.5. The zero-order chi connectivity index (χ0) is 12.9. The van der Waals surface area contributed by atoms with E-state index in [1.54, 1.807) is 6.20 Å². The number of aromatic nitrogens is 2. The van der Waals surface area contributed by atoms with Gasteiger partial charge in [-0.15, -0.1) is 0 Å². The molecule has 1 aliphatic rings. The van der Waals surface area contributed by atoms with Gasteiger partial charge in [-0.05, 0) is 12.5 Å². The number of imidazole rings is 1. The molecule has 2 heterocycles. The molecule has 1 aliphatic heterocycles. The minimum atomic E-state index is -0.250. The van der Waals surface area contributed by atoms with Crippen LogP contribution < -0.4 is 0 Å². The molecule has 0 fully saturated rings. The van der Waals surface area contributed by atoms with Crippen molar-refractivity contribution in [3.05, 3.63) is 30.1 Å². The summed E-state index contributed by atoms with van der Waals surface area (Å²) >= 11 is 0. The van der Waals surface area contributed by atoms with Crippen LogP contribution in [0.25, 0.3) is 0 Å². The smallest absolute Gasteiger partial charge is 0.290 e. The molecule has 94 valence electrons. The first-order valence-electron chi connectivity index (χ1n) is 5.38. The Balaban J connectivity index is 0.000000437. The number of hydrogen-bond acceptors (Lipinski definition) is 3. The highest BCUT2D eigenvalue weighted by Crippen LogP contribution is 2.36. The third-order valence-corrected chi connectivity index (χ3v) is 2.79. The predicted molar refractivity (Wildman–Crippen MR) is 63.4 cm³/mol. The molecule has 1 N–H and O–H groups in total. The van der Waals surface area contributed by atoms with E-state index >= 15 is 0 Å². The largest absolute Gasteiger partial charge is 0.497 e. The second-order valence-corrected chi connectivity index (χ2v) is 4.55. The van der Waals surface area contributed by atoms with E-state index in [1.165, 1.54) is 5.57 Å². The number of ether oxygens (including phenoxy) is 1. The lowest BCUT2D eigenvalue weighted by molar-refractivity contribution is -0.122. The Morgan fingerprint density at radius 3 is 2.71 bits per heavy atom. The van der Waals surface area contributed by atoms with Crippen molar-refractivity contribution < 1.29 is 14.6 Å². The molecular formula is C12H18N2O3. The van der Waals surface area contributed by atoms with Crippen LogP contribution in [0.2, 0.25) is 0 Å². The zero-order valence-corrected chi connectivity index (χ0v) is 10.4. The fourth-order valence-corrected chi connectivity index (χ4v) is 1.83. The fourth-order valence-electron chi connectivity index (χ4n) is 1.83. The number of carbonyl (C=O) groups is 1. The molecule has 0 radical (unpaired) electrons. The molecule has 5 nitrogen and oxygen atoms in total. The van der Waals surface area contributed by atoms with E-state index < -0.39 is 0 Å². The van der Waals surface area contributed by atoms with Gasteiger partial charge in [-0.2, -0.15) is 0 Å². The van der Waals surface area contributed by atoms with Gasteiger partial charge < -0.3 is 14.4 Å². The highest BCUT2D eigenvalue weighted by molar-refractivity contribution is 5.32. The Labute approximate surface area is 101 Å². The first-order chi connectivity index (χ1) is 8.01. The lowest BCUT2D eigenvalue weighted by atomic mass is 9.86. The SMILES string of the molecule is CC1=C(Cn2ccnc2)C(C)(C)CO1.O=CO. The summed E-state index contributed by atoms with van der Waals surface area (Å²) in [4.78, 5) is 12.4. The van der Waals surface area contributed by atoms with Crippen LogP contribution in [0, 0.1) is 5.41 Å². The van der Waals surface area contributed by atoms with Gasteiger partial charge in [-0.3, -0.25) is 4.79 Å². The van der Waals surface area contributed by atoms with Crippen LogP contribution in [-0.2, 0) is 16.1 Å². The van der Waals surface area contributed by atoms with Crippen LogP contribution in [0.5, 0.6) is 0 Å². The van der Waals surface area contributed by atoms with Crippen molar-refractivity contribution in [2.45, 2.75) is 27.3 Å². The van der Waals surface area contributed by atoms with Gasteiger partial charge in [0.25, 0.3) is 6.47 Å². The molecule has 0 atom stereocenters. The monoisotopic (exact) mass is 238 g/mol. The van der Waals surface area contributed by atoms with Gasteiger partial charge in [0.05, 0.1) is 18.7 Å². The topological polar surface area (TPSA) is 64.4 Å². The number of allylic oxidation sites excluding steroid dienone is 1. The quantitative estimate of drug-likeness (QED) is 0.799. The lowest BCUT2D eigenvalue weighted by Crippen LogP contribution is -2.18. The molecule has 0 bridgehead atoms. The van der Waals surface area contributed by atoms with E-state index in [1.807, 2.05) is 19.4 Å². The Morgan fingerprint density at radius 2 is 2.29 bits per heavy atom. The Morgan fingerprint density at radius 1 is 1.65 bits per heavy atom. The summed E-state index contributed by atoms with van der Waals surface area (Å²) in [5.41, 5.74) is 1.53. The van der Waals surface area contributed by atoms with Crippen LogP contribution >= 0.6 is 0 Å². The first kappa shape index (κ1) is 13.3. The van der Waals surface area contributed by atoms with E-state index in [2.05, 4.69) is 23.4 Å².